The standard InChI is InChI=1S/C20H20N4O2S/c1-11-8-12(2)21-18-17(11)19(26)24-20(23-18)27-10-16(25)22-15-7-6-13-4-3-5-14(13)9-15/h6-9H,3-5,10H2,1-2H3,(H,22,25)(H,21,23,24,26). The van der Waals surface area contributed by atoms with Crippen LogP contribution in [0.1, 0.15) is 28.8 Å². The van der Waals surface area contributed by atoms with E-state index in [1.807, 2.05) is 26.0 Å². The van der Waals surface area contributed by atoms with Crippen molar-refractivity contribution < 1.29 is 4.79 Å². The van der Waals surface area contributed by atoms with E-state index in [0.29, 0.717) is 16.2 Å². The zero-order chi connectivity index (χ0) is 19.0. The molecule has 2 N–H and O–H groups in total. The highest BCUT2D eigenvalue weighted by Crippen LogP contribution is 2.25. The first kappa shape index (κ1) is 17.7. The maximum atomic E-state index is 12.3. The van der Waals surface area contributed by atoms with Gasteiger partial charge in [0.05, 0.1) is 11.1 Å². The van der Waals surface area contributed by atoms with Crippen LogP contribution in [-0.4, -0.2) is 26.6 Å². The molecule has 0 saturated carbocycles. The molecular formula is C20H20N4O2S. The smallest absolute Gasteiger partial charge is 0.261 e. The number of hydrogen-bond donors (Lipinski definition) is 2. The van der Waals surface area contributed by atoms with Crippen molar-refractivity contribution in [3.63, 3.8) is 0 Å². The van der Waals surface area contributed by atoms with Gasteiger partial charge in [0.1, 0.15) is 0 Å². The number of H-pyrrole nitrogens is 1. The SMILES string of the molecule is Cc1cc(C)c2c(=O)[nH]c(SCC(=O)Nc3ccc4c(c3)CCC4)nc2n1. The molecule has 1 aliphatic rings. The Labute approximate surface area is 160 Å². The van der Waals surface area contributed by atoms with Crippen LogP contribution in [0, 0.1) is 13.8 Å². The van der Waals surface area contributed by atoms with Crippen LogP contribution in [0.3, 0.4) is 0 Å². The highest BCUT2D eigenvalue weighted by molar-refractivity contribution is 7.99. The van der Waals surface area contributed by atoms with E-state index < -0.39 is 0 Å². The van der Waals surface area contributed by atoms with Crippen LogP contribution in [0.4, 0.5) is 5.69 Å². The third kappa shape index (κ3) is 3.73. The van der Waals surface area contributed by atoms with E-state index in [1.165, 1.54) is 29.3 Å². The van der Waals surface area contributed by atoms with E-state index in [4.69, 9.17) is 0 Å². The number of fused-ring (bicyclic) bond motifs is 2. The van der Waals surface area contributed by atoms with Gasteiger partial charge >= 0.3 is 0 Å². The Kier molecular flexibility index (Phi) is 4.70. The molecule has 0 radical (unpaired) electrons. The van der Waals surface area contributed by atoms with E-state index in [9.17, 15) is 9.59 Å². The highest BCUT2D eigenvalue weighted by Gasteiger charge is 2.13. The predicted octanol–water partition coefficient (Wildman–Crippen LogP) is 3.15. The summed E-state index contributed by atoms with van der Waals surface area (Å²) in [5.74, 6) is 0.0325. The minimum Gasteiger partial charge on any atom is -0.325 e. The average molecular weight is 380 g/mol. The largest absolute Gasteiger partial charge is 0.325 e. The van der Waals surface area contributed by atoms with Gasteiger partial charge in [-0.3, -0.25) is 9.59 Å². The number of rotatable bonds is 4. The summed E-state index contributed by atoms with van der Waals surface area (Å²) in [5.41, 5.74) is 5.34. The van der Waals surface area contributed by atoms with Gasteiger partial charge < -0.3 is 10.3 Å². The second-order valence-electron chi connectivity index (χ2n) is 6.82. The molecule has 1 aromatic carbocycles. The number of nitrogens with one attached hydrogen (secondary N) is 2. The summed E-state index contributed by atoms with van der Waals surface area (Å²) in [6.45, 7) is 3.73. The lowest BCUT2D eigenvalue weighted by molar-refractivity contribution is -0.113. The second kappa shape index (κ2) is 7.15. The topological polar surface area (TPSA) is 87.7 Å². The fourth-order valence-electron chi connectivity index (χ4n) is 3.51. The summed E-state index contributed by atoms with van der Waals surface area (Å²) >= 11 is 1.20. The van der Waals surface area contributed by atoms with E-state index in [1.54, 1.807) is 0 Å². The van der Waals surface area contributed by atoms with E-state index in [0.717, 1.165) is 29.8 Å². The van der Waals surface area contributed by atoms with E-state index >= 15 is 0 Å². The number of aromatic amines is 1. The first-order valence-electron chi connectivity index (χ1n) is 8.92. The molecule has 2 heterocycles. The Balaban J connectivity index is 1.46. The van der Waals surface area contributed by atoms with Gasteiger partial charge in [-0.05, 0) is 68.0 Å². The van der Waals surface area contributed by atoms with Gasteiger partial charge in [-0.2, -0.15) is 0 Å². The zero-order valence-corrected chi connectivity index (χ0v) is 16.1. The number of pyridine rings is 1. The van der Waals surface area contributed by atoms with Crippen molar-refractivity contribution in [2.24, 2.45) is 0 Å². The van der Waals surface area contributed by atoms with Gasteiger partial charge in [-0.15, -0.1) is 0 Å². The molecule has 0 fully saturated rings. The van der Waals surface area contributed by atoms with Crippen LogP contribution in [0.5, 0.6) is 0 Å². The molecule has 0 bridgehead atoms. The van der Waals surface area contributed by atoms with Crippen molar-refractivity contribution >= 4 is 34.4 Å². The molecule has 6 nitrogen and oxygen atoms in total. The number of nitrogens with zero attached hydrogens (tertiary/aromatic N) is 2. The van der Waals surface area contributed by atoms with Gasteiger partial charge in [-0.1, -0.05) is 17.8 Å². The molecule has 0 spiro atoms. The van der Waals surface area contributed by atoms with Crippen LogP contribution >= 0.6 is 11.8 Å². The Bertz CT molecular complexity index is 1110. The van der Waals surface area contributed by atoms with Crippen molar-refractivity contribution in [2.75, 3.05) is 11.1 Å². The Morgan fingerprint density at radius 3 is 2.85 bits per heavy atom. The van der Waals surface area contributed by atoms with Gasteiger partial charge in [0.25, 0.3) is 5.56 Å². The monoisotopic (exact) mass is 380 g/mol. The summed E-state index contributed by atoms with van der Waals surface area (Å²) < 4.78 is 0. The number of hydrogen-bond acceptors (Lipinski definition) is 5. The number of aryl methyl sites for hydroxylation is 4. The first-order chi connectivity index (χ1) is 13.0. The fourth-order valence-corrected chi connectivity index (χ4v) is 4.17. The van der Waals surface area contributed by atoms with Gasteiger partial charge in [0.2, 0.25) is 5.91 Å². The first-order valence-corrected chi connectivity index (χ1v) is 9.91. The Morgan fingerprint density at radius 1 is 1.19 bits per heavy atom. The number of anilines is 1. The number of carbonyl (C=O) groups excluding carboxylic acids is 1. The molecule has 1 aliphatic carbocycles. The lowest BCUT2D eigenvalue weighted by Gasteiger charge is -2.08. The molecule has 0 saturated heterocycles. The third-order valence-electron chi connectivity index (χ3n) is 4.70. The van der Waals surface area contributed by atoms with Gasteiger partial charge in [0, 0.05) is 11.4 Å². The molecule has 7 heteroatoms. The quantitative estimate of drug-likeness (QED) is 0.536. The molecular weight excluding hydrogens is 360 g/mol. The summed E-state index contributed by atoms with van der Waals surface area (Å²) in [6, 6.07) is 7.94. The molecule has 3 aromatic rings. The van der Waals surface area contributed by atoms with Crippen molar-refractivity contribution in [1.29, 1.82) is 0 Å². The number of thioether (sulfide) groups is 1. The minimum atomic E-state index is -0.230. The number of amides is 1. The average Bonchev–Trinajstić information content (AvgIpc) is 3.06. The summed E-state index contributed by atoms with van der Waals surface area (Å²) in [4.78, 5) is 36.1. The van der Waals surface area contributed by atoms with Crippen LogP contribution in [-0.2, 0) is 17.6 Å². The minimum absolute atomic E-state index is 0.130. The predicted molar refractivity (Wildman–Crippen MR) is 107 cm³/mol. The fraction of sp³-hybridized carbons (Fsp3) is 0.300. The molecule has 0 aliphatic heterocycles. The molecule has 0 unspecified atom stereocenters. The van der Waals surface area contributed by atoms with Gasteiger partial charge in [0.15, 0.2) is 10.8 Å². The van der Waals surface area contributed by atoms with E-state index in [2.05, 4.69) is 32.4 Å². The Morgan fingerprint density at radius 2 is 2.00 bits per heavy atom. The zero-order valence-electron chi connectivity index (χ0n) is 15.3. The molecule has 138 valence electrons. The summed E-state index contributed by atoms with van der Waals surface area (Å²) in [7, 11) is 0. The van der Waals surface area contributed by atoms with Crippen LogP contribution in [0.25, 0.3) is 11.0 Å². The highest BCUT2D eigenvalue weighted by atomic mass is 32.2. The number of benzene rings is 1. The maximum absolute atomic E-state index is 12.3. The van der Waals surface area contributed by atoms with Crippen molar-refractivity contribution in [1.82, 2.24) is 15.0 Å². The van der Waals surface area contributed by atoms with Crippen LogP contribution in [0.15, 0.2) is 34.2 Å². The van der Waals surface area contributed by atoms with Crippen LogP contribution in [0.2, 0.25) is 0 Å². The molecule has 1 amide bonds. The summed E-state index contributed by atoms with van der Waals surface area (Å²) in [5, 5.41) is 3.81. The molecule has 0 atom stereocenters. The number of aromatic nitrogens is 3. The van der Waals surface area contributed by atoms with E-state index in [-0.39, 0.29) is 17.2 Å². The third-order valence-corrected chi connectivity index (χ3v) is 5.58. The molecule has 2 aromatic heterocycles. The van der Waals surface area contributed by atoms with Crippen molar-refractivity contribution in [3.8, 4) is 0 Å². The van der Waals surface area contributed by atoms with Crippen LogP contribution < -0.4 is 10.9 Å². The Hall–Kier alpha value is -2.67. The van der Waals surface area contributed by atoms with Crippen molar-refractivity contribution in [3.05, 3.63) is 57.0 Å². The van der Waals surface area contributed by atoms with Gasteiger partial charge in [-0.25, -0.2) is 9.97 Å². The lowest BCUT2D eigenvalue weighted by atomic mass is 10.1. The summed E-state index contributed by atoms with van der Waals surface area (Å²) in [6.07, 6.45) is 3.37. The number of carbonyl (C=O) groups is 1. The normalized spacial score (nSPS) is 13.0. The molecule has 27 heavy (non-hydrogen) atoms. The maximum Gasteiger partial charge on any atom is 0.261 e. The second-order valence-corrected chi connectivity index (χ2v) is 7.79. The van der Waals surface area contributed by atoms with Crippen molar-refractivity contribution in [2.45, 2.75) is 38.3 Å². The molecule has 4 rings (SSSR count). The lowest BCUT2D eigenvalue weighted by Crippen LogP contribution is -2.16.